The van der Waals surface area contributed by atoms with E-state index in [-0.39, 0.29) is 8.61 Å². The predicted octanol–water partition coefficient (Wildman–Crippen LogP) is 0.296. The molecule has 0 aliphatic heterocycles. The molecule has 0 saturated carbocycles. The lowest BCUT2D eigenvalue weighted by Crippen LogP contribution is -2.18. The van der Waals surface area contributed by atoms with Crippen molar-refractivity contribution in [1.29, 1.82) is 0 Å². The second-order valence-electron chi connectivity index (χ2n) is 1.37. The third kappa shape index (κ3) is 1.25. The molecule has 6 heteroatoms. The second-order valence-corrected chi connectivity index (χ2v) is 1.96. The molecule has 3 N–H and O–H groups in total. The molecule has 1 rings (SSSR count). The standard InChI is InChI=1S/C3H5N4OP/c4-7(9-8)3-1-2-5-6-3/h1-2H,4H2,(H,5,6). The summed E-state index contributed by atoms with van der Waals surface area (Å²) in [6.45, 7) is 0. The van der Waals surface area contributed by atoms with E-state index in [2.05, 4.69) is 10.2 Å². The number of H-pyrrole nitrogens is 1. The zero-order valence-electron chi connectivity index (χ0n) is 4.48. The van der Waals surface area contributed by atoms with Crippen molar-refractivity contribution in [3.05, 3.63) is 12.3 Å². The van der Waals surface area contributed by atoms with Gasteiger partial charge in [-0.25, -0.2) is 15.2 Å². The van der Waals surface area contributed by atoms with Crippen LogP contribution in [-0.4, -0.2) is 10.2 Å². The Morgan fingerprint density at radius 2 is 2.67 bits per heavy atom. The first-order valence-corrected chi connectivity index (χ1v) is 2.98. The van der Waals surface area contributed by atoms with Gasteiger partial charge in [0.05, 0.1) is 6.20 Å². The Balaban J connectivity index is 2.76. The van der Waals surface area contributed by atoms with Crippen LogP contribution in [0.4, 0.5) is 5.82 Å². The quantitative estimate of drug-likeness (QED) is 0.355. The van der Waals surface area contributed by atoms with Gasteiger partial charge >= 0.3 is 0 Å². The molecule has 1 aromatic rings. The Morgan fingerprint density at radius 1 is 1.89 bits per heavy atom. The van der Waals surface area contributed by atoms with Crippen molar-refractivity contribution < 1.29 is 4.57 Å². The van der Waals surface area contributed by atoms with E-state index < -0.39 is 0 Å². The van der Waals surface area contributed by atoms with Crippen LogP contribution in [0.3, 0.4) is 0 Å². The Kier molecular flexibility index (Phi) is 1.77. The molecule has 0 unspecified atom stereocenters. The summed E-state index contributed by atoms with van der Waals surface area (Å²) in [5, 5.41) is 6.13. The molecule has 0 saturated heterocycles. The van der Waals surface area contributed by atoms with Gasteiger partial charge in [0.15, 0.2) is 0 Å². The third-order valence-corrected chi connectivity index (χ3v) is 1.21. The van der Waals surface area contributed by atoms with E-state index in [1.165, 1.54) is 6.20 Å². The third-order valence-electron chi connectivity index (χ3n) is 0.821. The van der Waals surface area contributed by atoms with Crippen molar-refractivity contribution in [1.82, 2.24) is 10.2 Å². The Morgan fingerprint density at radius 3 is 3.11 bits per heavy atom. The van der Waals surface area contributed by atoms with Gasteiger partial charge in [0.2, 0.25) is 0 Å². The second kappa shape index (κ2) is 2.57. The van der Waals surface area contributed by atoms with E-state index in [0.29, 0.717) is 5.82 Å². The molecule has 0 aliphatic carbocycles. The molecule has 0 bridgehead atoms. The van der Waals surface area contributed by atoms with Crippen molar-refractivity contribution in [3.8, 4) is 0 Å². The first-order chi connectivity index (χ1) is 4.34. The van der Waals surface area contributed by atoms with Gasteiger partial charge in [0.25, 0.3) is 8.61 Å². The van der Waals surface area contributed by atoms with Crippen LogP contribution in [-0.2, 0) is 4.57 Å². The van der Waals surface area contributed by atoms with Gasteiger partial charge in [-0.3, -0.25) is 5.10 Å². The zero-order chi connectivity index (χ0) is 6.69. The molecule has 5 nitrogen and oxygen atoms in total. The van der Waals surface area contributed by atoms with Gasteiger partial charge in [-0.2, -0.15) is 5.10 Å². The van der Waals surface area contributed by atoms with E-state index in [1.807, 2.05) is 0 Å². The fraction of sp³-hybridized carbons (Fsp3) is 0. The number of nitrogens with one attached hydrogen (secondary N) is 1. The highest BCUT2D eigenvalue weighted by atomic mass is 31.1. The largest absolute Gasteiger partial charge is 0.299 e. The van der Waals surface area contributed by atoms with E-state index in [4.69, 9.17) is 5.84 Å². The summed E-state index contributed by atoms with van der Waals surface area (Å²) in [4.78, 5) is 0. The van der Waals surface area contributed by atoms with Crippen molar-refractivity contribution >= 4 is 14.4 Å². The van der Waals surface area contributed by atoms with E-state index >= 15 is 0 Å². The number of nitrogens with two attached hydrogens (primary N) is 1. The van der Waals surface area contributed by atoms with Gasteiger partial charge in [-0.15, -0.1) is 0 Å². The molecule has 1 heterocycles. The summed E-state index contributed by atoms with van der Waals surface area (Å²) in [7, 11) is -0.256. The van der Waals surface area contributed by atoms with Crippen LogP contribution in [0.2, 0.25) is 0 Å². The Labute approximate surface area is 53.1 Å². The van der Waals surface area contributed by atoms with Crippen molar-refractivity contribution in [2.24, 2.45) is 5.84 Å². The monoisotopic (exact) mass is 144 g/mol. The van der Waals surface area contributed by atoms with Crippen LogP contribution >= 0.6 is 8.61 Å². The van der Waals surface area contributed by atoms with E-state index in [1.54, 1.807) is 6.07 Å². The van der Waals surface area contributed by atoms with Gasteiger partial charge in [-0.1, -0.05) is 0 Å². The summed E-state index contributed by atoms with van der Waals surface area (Å²) in [6.07, 6.45) is 1.53. The lowest BCUT2D eigenvalue weighted by Gasteiger charge is -2.01. The first-order valence-electron chi connectivity index (χ1n) is 2.22. The number of rotatable bonds is 2. The van der Waals surface area contributed by atoms with Crippen LogP contribution in [0, 0.1) is 0 Å². The van der Waals surface area contributed by atoms with Crippen LogP contribution in [0.15, 0.2) is 12.3 Å². The van der Waals surface area contributed by atoms with E-state index in [9.17, 15) is 4.57 Å². The lowest BCUT2D eigenvalue weighted by molar-refractivity contribution is 0.596. The number of hydrazine groups is 1. The SMILES string of the molecule is NN(P=O)c1ccn[nH]1. The topological polar surface area (TPSA) is 75.0 Å². The minimum absolute atomic E-state index is 0.256. The Bertz CT molecular complexity index is 186. The molecule has 48 valence electrons. The van der Waals surface area contributed by atoms with Crippen LogP contribution in [0.1, 0.15) is 0 Å². The molecule has 0 aliphatic rings. The van der Waals surface area contributed by atoms with Gasteiger partial charge in [0, 0.05) is 6.07 Å². The van der Waals surface area contributed by atoms with Crippen molar-refractivity contribution in [2.45, 2.75) is 0 Å². The maximum Gasteiger partial charge on any atom is 0.299 e. The minimum Gasteiger partial charge on any atom is -0.261 e. The molecule has 0 radical (unpaired) electrons. The fourth-order valence-corrected chi connectivity index (χ4v) is 0.619. The number of aromatic amines is 1. The fourth-order valence-electron chi connectivity index (χ4n) is 0.420. The number of aromatic nitrogens is 2. The van der Waals surface area contributed by atoms with E-state index in [0.717, 1.165) is 4.78 Å². The summed E-state index contributed by atoms with van der Waals surface area (Å²) < 4.78 is 11.1. The molecular weight excluding hydrogens is 139 g/mol. The molecule has 0 aromatic carbocycles. The lowest BCUT2D eigenvalue weighted by atomic mass is 10.7. The molecule has 1 aromatic heterocycles. The van der Waals surface area contributed by atoms with Crippen LogP contribution in [0.5, 0.6) is 0 Å². The van der Waals surface area contributed by atoms with Crippen molar-refractivity contribution in [2.75, 3.05) is 4.78 Å². The number of anilines is 1. The summed E-state index contributed by atoms with van der Waals surface area (Å²) in [5.74, 6) is 5.70. The normalized spacial score (nSPS) is 9.89. The van der Waals surface area contributed by atoms with Gasteiger partial charge < -0.3 is 0 Å². The summed E-state index contributed by atoms with van der Waals surface area (Å²) >= 11 is 0. The first kappa shape index (κ1) is 6.19. The van der Waals surface area contributed by atoms with Crippen molar-refractivity contribution in [3.63, 3.8) is 0 Å². The molecular formula is C3H5N4OP. The number of hydrogen-bond acceptors (Lipinski definition) is 3. The maximum atomic E-state index is 10.1. The van der Waals surface area contributed by atoms with Crippen LogP contribution in [0.25, 0.3) is 0 Å². The predicted molar refractivity (Wildman–Crippen MR) is 32.9 cm³/mol. The van der Waals surface area contributed by atoms with Gasteiger partial charge in [-0.05, 0) is 0 Å². The minimum atomic E-state index is -0.256. The average Bonchev–Trinajstić information content (AvgIpc) is 2.37. The molecule has 0 atom stereocenters. The van der Waals surface area contributed by atoms with Crippen LogP contribution < -0.4 is 10.6 Å². The Hall–Kier alpha value is -0.930. The number of hydrogen-bond donors (Lipinski definition) is 2. The highest BCUT2D eigenvalue weighted by Crippen LogP contribution is 2.10. The smallest absolute Gasteiger partial charge is 0.261 e. The highest BCUT2D eigenvalue weighted by molar-refractivity contribution is 7.25. The number of nitrogens with zero attached hydrogens (tertiary/aromatic N) is 2. The summed E-state index contributed by atoms with van der Waals surface area (Å²) in [6, 6.07) is 1.62. The average molecular weight is 144 g/mol. The summed E-state index contributed by atoms with van der Waals surface area (Å²) in [5.41, 5.74) is 0. The highest BCUT2D eigenvalue weighted by Gasteiger charge is 1.98. The molecule has 0 amide bonds. The molecule has 9 heavy (non-hydrogen) atoms. The zero-order valence-corrected chi connectivity index (χ0v) is 5.38. The molecule has 0 fully saturated rings. The van der Waals surface area contributed by atoms with Gasteiger partial charge in [0.1, 0.15) is 5.82 Å². The molecule has 0 spiro atoms. The maximum absolute atomic E-state index is 10.1.